The minimum Gasteiger partial charge on any atom is -0.353 e. The van der Waals surface area contributed by atoms with Gasteiger partial charge in [0.05, 0.1) is 18.6 Å². The highest BCUT2D eigenvalue weighted by atomic mass is 127. The molecule has 0 saturated heterocycles. The van der Waals surface area contributed by atoms with E-state index in [9.17, 15) is 4.39 Å². The van der Waals surface area contributed by atoms with Crippen LogP contribution in [0.1, 0.15) is 11.3 Å². The van der Waals surface area contributed by atoms with Gasteiger partial charge in [-0.3, -0.25) is 4.99 Å². The highest BCUT2D eigenvalue weighted by molar-refractivity contribution is 14.0. The van der Waals surface area contributed by atoms with Gasteiger partial charge < -0.3 is 19.4 Å². The molecule has 0 bridgehead atoms. The Bertz CT molecular complexity index is 888. The lowest BCUT2D eigenvalue weighted by atomic mass is 10.2. The van der Waals surface area contributed by atoms with Gasteiger partial charge in [0.2, 0.25) is 0 Å². The van der Waals surface area contributed by atoms with E-state index in [-0.39, 0.29) is 29.8 Å². The Labute approximate surface area is 175 Å². The Hall–Kier alpha value is -2.36. The number of aromatic nitrogens is 3. The molecule has 6 nitrogen and oxygen atoms in total. The minimum atomic E-state index is -0.283. The average molecular weight is 482 g/mol. The van der Waals surface area contributed by atoms with Crippen molar-refractivity contribution in [3.63, 3.8) is 0 Å². The molecule has 0 atom stereocenters. The largest absolute Gasteiger partial charge is 0.353 e. The lowest BCUT2D eigenvalue weighted by Gasteiger charge is -2.22. The zero-order valence-corrected chi connectivity index (χ0v) is 18.0. The van der Waals surface area contributed by atoms with E-state index in [1.807, 2.05) is 37.3 Å². The Kier molecular flexibility index (Phi) is 7.40. The van der Waals surface area contributed by atoms with Crippen molar-refractivity contribution in [2.45, 2.75) is 13.1 Å². The van der Waals surface area contributed by atoms with E-state index in [1.165, 1.54) is 11.8 Å². The van der Waals surface area contributed by atoms with Gasteiger partial charge in [-0.2, -0.15) is 0 Å². The van der Waals surface area contributed by atoms with Gasteiger partial charge in [-0.15, -0.1) is 24.0 Å². The van der Waals surface area contributed by atoms with Crippen molar-refractivity contribution in [2.75, 3.05) is 14.1 Å². The van der Waals surface area contributed by atoms with Crippen molar-refractivity contribution in [2.24, 2.45) is 12.0 Å². The molecular formula is C19H24FIN6. The van der Waals surface area contributed by atoms with Crippen LogP contribution in [0.25, 0.3) is 5.69 Å². The Morgan fingerprint density at radius 1 is 1.30 bits per heavy atom. The van der Waals surface area contributed by atoms with Gasteiger partial charge in [-0.05, 0) is 29.8 Å². The van der Waals surface area contributed by atoms with Crippen LogP contribution in [-0.4, -0.2) is 39.1 Å². The van der Waals surface area contributed by atoms with Crippen molar-refractivity contribution in [1.29, 1.82) is 0 Å². The molecule has 0 radical (unpaired) electrons. The third-order valence-electron chi connectivity index (χ3n) is 4.27. The molecule has 1 N–H and O–H groups in total. The van der Waals surface area contributed by atoms with Crippen LogP contribution in [0.3, 0.4) is 0 Å². The van der Waals surface area contributed by atoms with Crippen LogP contribution in [0.2, 0.25) is 0 Å². The number of hydrogen-bond donors (Lipinski definition) is 1. The van der Waals surface area contributed by atoms with Crippen LogP contribution in [0.4, 0.5) is 4.39 Å². The fourth-order valence-electron chi connectivity index (χ4n) is 2.82. The summed E-state index contributed by atoms with van der Waals surface area (Å²) in [4.78, 5) is 10.3. The van der Waals surface area contributed by atoms with E-state index < -0.39 is 0 Å². The number of nitrogens with one attached hydrogen (secondary N) is 1. The van der Waals surface area contributed by atoms with Crippen molar-refractivity contribution in [1.82, 2.24) is 24.3 Å². The Balaban J connectivity index is 0.00000261. The van der Waals surface area contributed by atoms with E-state index >= 15 is 0 Å². The number of halogens is 2. The first-order chi connectivity index (χ1) is 12.6. The molecule has 0 aliphatic carbocycles. The van der Waals surface area contributed by atoms with E-state index in [4.69, 9.17) is 0 Å². The lowest BCUT2D eigenvalue weighted by molar-refractivity contribution is 0.461. The summed E-state index contributed by atoms with van der Waals surface area (Å²) in [7, 11) is 5.74. The molecule has 0 amide bonds. The van der Waals surface area contributed by atoms with Gasteiger partial charge in [0.25, 0.3) is 0 Å². The molecule has 0 saturated carbocycles. The first kappa shape index (κ1) is 20.9. The van der Waals surface area contributed by atoms with Crippen LogP contribution in [-0.2, 0) is 20.1 Å². The molecule has 0 aliphatic rings. The zero-order valence-electron chi connectivity index (χ0n) is 15.6. The maximum atomic E-state index is 14.4. The van der Waals surface area contributed by atoms with Crippen LogP contribution < -0.4 is 5.32 Å². The number of benzene rings is 1. The highest BCUT2D eigenvalue weighted by Crippen LogP contribution is 2.15. The number of nitrogens with zero attached hydrogens (tertiary/aromatic N) is 5. The zero-order chi connectivity index (χ0) is 18.5. The second-order valence-electron chi connectivity index (χ2n) is 6.12. The summed E-state index contributed by atoms with van der Waals surface area (Å²) in [6.45, 7) is 1.22. The number of hydrogen-bond acceptors (Lipinski definition) is 2. The molecule has 8 heteroatoms. The Morgan fingerprint density at radius 3 is 2.70 bits per heavy atom. The van der Waals surface area contributed by atoms with E-state index in [0.29, 0.717) is 12.2 Å². The van der Waals surface area contributed by atoms with Gasteiger partial charge in [0.15, 0.2) is 5.96 Å². The molecule has 3 rings (SSSR count). The second-order valence-corrected chi connectivity index (χ2v) is 6.12. The SMILES string of the molecule is CN=C(NCc1ccc(-n2ccnc2)c(F)c1)N(C)Cc1cccn1C.I. The smallest absolute Gasteiger partial charge is 0.194 e. The fourth-order valence-corrected chi connectivity index (χ4v) is 2.82. The monoisotopic (exact) mass is 482 g/mol. The highest BCUT2D eigenvalue weighted by Gasteiger charge is 2.10. The summed E-state index contributed by atoms with van der Waals surface area (Å²) >= 11 is 0. The molecule has 0 fully saturated rings. The van der Waals surface area contributed by atoms with Gasteiger partial charge in [0, 0.05) is 52.0 Å². The van der Waals surface area contributed by atoms with E-state index in [0.717, 1.165) is 18.1 Å². The molecule has 0 aliphatic heterocycles. The maximum Gasteiger partial charge on any atom is 0.194 e. The number of guanidine groups is 1. The predicted molar refractivity (Wildman–Crippen MR) is 116 cm³/mol. The lowest BCUT2D eigenvalue weighted by Crippen LogP contribution is -2.38. The third-order valence-corrected chi connectivity index (χ3v) is 4.27. The molecular weight excluding hydrogens is 458 g/mol. The summed E-state index contributed by atoms with van der Waals surface area (Å²) in [5.41, 5.74) is 2.52. The van der Waals surface area contributed by atoms with Crippen LogP contribution in [0, 0.1) is 5.82 Å². The Morgan fingerprint density at radius 2 is 2.11 bits per heavy atom. The summed E-state index contributed by atoms with van der Waals surface area (Å²) in [5.74, 6) is 0.472. The van der Waals surface area contributed by atoms with E-state index in [1.54, 1.807) is 36.4 Å². The molecule has 2 aromatic heterocycles. The maximum absolute atomic E-state index is 14.4. The summed E-state index contributed by atoms with van der Waals surface area (Å²) in [6.07, 6.45) is 6.94. The summed E-state index contributed by atoms with van der Waals surface area (Å²) in [6, 6.07) is 9.28. The normalized spacial score (nSPS) is 11.2. The molecule has 144 valence electrons. The van der Waals surface area contributed by atoms with Crippen LogP contribution in [0.15, 0.2) is 60.2 Å². The fraction of sp³-hybridized carbons (Fsp3) is 0.263. The first-order valence-corrected chi connectivity index (χ1v) is 8.37. The topological polar surface area (TPSA) is 50.4 Å². The van der Waals surface area contributed by atoms with Crippen molar-refractivity contribution in [3.8, 4) is 5.69 Å². The number of aryl methyl sites for hydroxylation is 1. The molecule has 0 spiro atoms. The molecule has 1 aromatic carbocycles. The standard InChI is InChI=1S/C19H23FN6.HI/c1-21-19(25(3)13-16-5-4-9-24(16)2)23-12-15-6-7-18(17(20)11-15)26-10-8-22-14-26;/h4-11,14H,12-13H2,1-3H3,(H,21,23);1H. The minimum absolute atomic E-state index is 0. The quantitative estimate of drug-likeness (QED) is 0.346. The summed E-state index contributed by atoms with van der Waals surface area (Å²) in [5, 5.41) is 3.28. The van der Waals surface area contributed by atoms with Gasteiger partial charge in [-0.25, -0.2) is 9.37 Å². The van der Waals surface area contributed by atoms with Crippen LogP contribution in [0.5, 0.6) is 0 Å². The summed E-state index contributed by atoms with van der Waals surface area (Å²) < 4.78 is 18.1. The number of aliphatic imine (C=N–C) groups is 1. The molecule has 0 unspecified atom stereocenters. The predicted octanol–water partition coefficient (Wildman–Crippen LogP) is 3.18. The third kappa shape index (κ3) is 5.09. The number of imidazole rings is 1. The molecule has 3 aromatic rings. The van der Waals surface area contributed by atoms with E-state index in [2.05, 4.69) is 25.9 Å². The van der Waals surface area contributed by atoms with Gasteiger partial charge in [-0.1, -0.05) is 6.07 Å². The average Bonchev–Trinajstić information content (AvgIpc) is 3.28. The van der Waals surface area contributed by atoms with Crippen molar-refractivity contribution >= 4 is 29.9 Å². The van der Waals surface area contributed by atoms with Gasteiger partial charge >= 0.3 is 0 Å². The molecule has 2 heterocycles. The van der Waals surface area contributed by atoms with Crippen molar-refractivity contribution in [3.05, 3.63) is 72.3 Å². The molecule has 27 heavy (non-hydrogen) atoms. The number of rotatable bonds is 5. The second kappa shape index (κ2) is 9.54. The van der Waals surface area contributed by atoms with Crippen molar-refractivity contribution < 1.29 is 4.39 Å². The first-order valence-electron chi connectivity index (χ1n) is 8.37. The van der Waals surface area contributed by atoms with Crippen LogP contribution >= 0.6 is 24.0 Å². The van der Waals surface area contributed by atoms with Gasteiger partial charge in [0.1, 0.15) is 5.82 Å².